The van der Waals surface area contributed by atoms with Crippen LogP contribution in [0.5, 0.6) is 0 Å². The molecule has 0 saturated carbocycles. The van der Waals surface area contributed by atoms with Crippen molar-refractivity contribution < 1.29 is 14.3 Å². The van der Waals surface area contributed by atoms with E-state index in [4.69, 9.17) is 9.79 Å². The zero-order valence-corrected chi connectivity index (χ0v) is 6.38. The van der Waals surface area contributed by atoms with Crippen LogP contribution in [0, 0.1) is 0 Å². The zero-order chi connectivity index (χ0) is 6.78. The molecule has 0 amide bonds. The van der Waals surface area contributed by atoms with Crippen molar-refractivity contribution in [3.8, 4) is 0 Å². The molecule has 0 aromatic carbocycles. The van der Waals surface area contributed by atoms with Gasteiger partial charge in [-0.1, -0.05) is 0 Å². The first-order valence-electron chi connectivity index (χ1n) is 2.54. The van der Waals surface area contributed by atoms with Gasteiger partial charge in [-0.15, -0.1) is 0 Å². The van der Waals surface area contributed by atoms with Gasteiger partial charge < -0.3 is 0 Å². The molecule has 0 unspecified atom stereocenters. The Morgan fingerprint density at radius 3 is 1.75 bits per heavy atom. The van der Waals surface area contributed by atoms with E-state index in [1.807, 2.05) is 0 Å². The zero-order valence-electron chi connectivity index (χ0n) is 5.38. The monoisotopic (exact) mass is 140 g/mol. The number of hydrogen-bond donors (Lipinski definition) is 2. The van der Waals surface area contributed by atoms with E-state index in [2.05, 4.69) is 4.52 Å². The molecule has 0 aliphatic carbocycles. The summed E-state index contributed by atoms with van der Waals surface area (Å²) in [5.74, 6) is 0. The Hall–Kier alpha value is 0.310. The molecule has 0 spiro atoms. The molecule has 52 valence electrons. The molecule has 0 heterocycles. The summed E-state index contributed by atoms with van der Waals surface area (Å²) in [5, 5.41) is 0. The van der Waals surface area contributed by atoms with Crippen molar-refractivity contribution in [2.45, 2.75) is 20.0 Å². The van der Waals surface area contributed by atoms with Crippen LogP contribution in [0.15, 0.2) is 0 Å². The van der Waals surface area contributed by atoms with E-state index in [1.165, 1.54) is 6.66 Å². The van der Waals surface area contributed by atoms with Crippen molar-refractivity contribution in [1.29, 1.82) is 0 Å². The van der Waals surface area contributed by atoms with Crippen LogP contribution in [-0.2, 0) is 4.52 Å². The van der Waals surface area contributed by atoms with Gasteiger partial charge in [0.2, 0.25) is 0 Å². The maximum absolute atomic E-state index is 8.66. The van der Waals surface area contributed by atoms with Gasteiger partial charge in [0, 0.05) is 0 Å². The molecular weight excluding hydrogens is 127 g/mol. The molecule has 0 aromatic heterocycles. The number of hydrogen-bond acceptors (Lipinski definition) is 3. The Labute approximate surface area is 49.9 Å². The normalized spacial score (nSPS) is 14.8. The summed E-state index contributed by atoms with van der Waals surface area (Å²) in [6.07, 6.45) is -0.0957. The summed E-state index contributed by atoms with van der Waals surface area (Å²) >= 11 is 0. The fourth-order valence-electron chi connectivity index (χ4n) is 0.447. The van der Waals surface area contributed by atoms with Crippen LogP contribution in [0.1, 0.15) is 13.8 Å². The standard InChI is InChI=1S/C4H13O3P/c1-4(2)7-8(3,5)6/h4-6,8H,1-3H3. The third-order valence-electron chi connectivity index (χ3n) is 0.459. The van der Waals surface area contributed by atoms with E-state index < -0.39 is 7.94 Å². The van der Waals surface area contributed by atoms with Gasteiger partial charge in [-0.2, -0.15) is 0 Å². The molecule has 4 heteroatoms. The van der Waals surface area contributed by atoms with Crippen molar-refractivity contribution in [1.82, 2.24) is 0 Å². The second kappa shape index (κ2) is 2.74. The van der Waals surface area contributed by atoms with E-state index in [9.17, 15) is 0 Å². The molecule has 2 N–H and O–H groups in total. The van der Waals surface area contributed by atoms with Crippen LogP contribution in [0.25, 0.3) is 0 Å². The average molecular weight is 140 g/mol. The third-order valence-corrected chi connectivity index (χ3v) is 1.38. The molecule has 3 nitrogen and oxygen atoms in total. The Balaban J connectivity index is 3.39. The molecule has 0 radical (unpaired) electrons. The fraction of sp³-hybridized carbons (Fsp3) is 1.00. The molecule has 0 atom stereocenters. The summed E-state index contributed by atoms with van der Waals surface area (Å²) < 4.78 is 4.69. The Morgan fingerprint density at radius 2 is 1.75 bits per heavy atom. The topological polar surface area (TPSA) is 49.7 Å². The van der Waals surface area contributed by atoms with E-state index in [0.717, 1.165) is 0 Å². The SMILES string of the molecule is CC(C)O[PH](C)(O)O. The quantitative estimate of drug-likeness (QED) is 0.550. The van der Waals surface area contributed by atoms with Gasteiger partial charge in [-0.3, -0.25) is 0 Å². The van der Waals surface area contributed by atoms with E-state index >= 15 is 0 Å². The minimum absolute atomic E-state index is 0.0957. The Morgan fingerprint density at radius 1 is 1.38 bits per heavy atom. The van der Waals surface area contributed by atoms with Crippen LogP contribution in [0.3, 0.4) is 0 Å². The van der Waals surface area contributed by atoms with Gasteiger partial charge in [-0.05, 0) is 0 Å². The van der Waals surface area contributed by atoms with E-state index in [1.54, 1.807) is 13.8 Å². The first-order chi connectivity index (χ1) is 3.42. The number of rotatable bonds is 2. The molecule has 0 aromatic rings. The van der Waals surface area contributed by atoms with Gasteiger partial charge >= 0.3 is 48.9 Å². The van der Waals surface area contributed by atoms with Crippen LogP contribution >= 0.6 is 7.94 Å². The van der Waals surface area contributed by atoms with E-state index in [-0.39, 0.29) is 6.10 Å². The van der Waals surface area contributed by atoms with E-state index in [0.29, 0.717) is 0 Å². The second-order valence-electron chi connectivity index (χ2n) is 2.10. The van der Waals surface area contributed by atoms with Crippen molar-refractivity contribution in [2.75, 3.05) is 6.66 Å². The molecular formula is C4H13O3P. The Kier molecular flexibility index (Phi) is 2.84. The van der Waals surface area contributed by atoms with Crippen LogP contribution in [-0.4, -0.2) is 22.6 Å². The summed E-state index contributed by atoms with van der Waals surface area (Å²) in [6.45, 7) is 4.84. The first kappa shape index (κ1) is 8.31. The van der Waals surface area contributed by atoms with Crippen molar-refractivity contribution in [3.63, 3.8) is 0 Å². The molecule has 0 fully saturated rings. The molecule has 8 heavy (non-hydrogen) atoms. The fourth-order valence-corrected chi connectivity index (χ4v) is 1.34. The predicted octanol–water partition coefficient (Wildman–Crippen LogP) is 0.521. The Bertz CT molecular complexity index is 66.2. The van der Waals surface area contributed by atoms with Gasteiger partial charge in [0.25, 0.3) is 0 Å². The van der Waals surface area contributed by atoms with Crippen molar-refractivity contribution in [2.24, 2.45) is 0 Å². The molecule has 0 aliphatic rings. The van der Waals surface area contributed by atoms with Crippen molar-refractivity contribution >= 4 is 7.94 Å². The third kappa shape index (κ3) is 6.31. The van der Waals surface area contributed by atoms with Crippen molar-refractivity contribution in [3.05, 3.63) is 0 Å². The molecule has 0 bridgehead atoms. The van der Waals surface area contributed by atoms with Gasteiger partial charge in [-0.25, -0.2) is 0 Å². The maximum atomic E-state index is 8.66. The summed E-state index contributed by atoms with van der Waals surface area (Å²) in [7, 11) is -3.22. The predicted molar refractivity (Wildman–Crippen MR) is 34.9 cm³/mol. The van der Waals surface area contributed by atoms with Gasteiger partial charge in [0.05, 0.1) is 0 Å². The summed E-state index contributed by atoms with van der Waals surface area (Å²) in [4.78, 5) is 17.3. The van der Waals surface area contributed by atoms with Crippen LogP contribution in [0.4, 0.5) is 0 Å². The van der Waals surface area contributed by atoms with Gasteiger partial charge in [0.1, 0.15) is 0 Å². The summed E-state index contributed by atoms with van der Waals surface area (Å²) in [5.41, 5.74) is 0. The first-order valence-corrected chi connectivity index (χ1v) is 4.84. The molecule has 0 rings (SSSR count). The second-order valence-corrected chi connectivity index (χ2v) is 4.20. The average Bonchev–Trinajstić information content (AvgIpc) is 1.21. The van der Waals surface area contributed by atoms with Crippen LogP contribution in [0.2, 0.25) is 0 Å². The van der Waals surface area contributed by atoms with Gasteiger partial charge in [0.15, 0.2) is 0 Å². The van der Waals surface area contributed by atoms with Crippen LogP contribution < -0.4 is 0 Å². The molecule has 0 saturated heterocycles. The molecule has 0 aliphatic heterocycles. The summed E-state index contributed by atoms with van der Waals surface area (Å²) in [6, 6.07) is 0. The minimum atomic E-state index is -3.22.